The molecule has 82 valence electrons. The fourth-order valence-corrected chi connectivity index (χ4v) is 1.22. The molecule has 15 heavy (non-hydrogen) atoms. The van der Waals surface area contributed by atoms with Crippen molar-refractivity contribution in [2.75, 3.05) is 20.3 Å². The van der Waals surface area contributed by atoms with Crippen molar-refractivity contribution in [1.82, 2.24) is 0 Å². The van der Waals surface area contributed by atoms with Crippen molar-refractivity contribution in [2.45, 2.75) is 6.10 Å². The fraction of sp³-hybridized carbons (Fsp3) is 0.364. The van der Waals surface area contributed by atoms with E-state index in [0.29, 0.717) is 13.2 Å². The van der Waals surface area contributed by atoms with Crippen LogP contribution in [-0.2, 0) is 14.3 Å². The summed E-state index contributed by atoms with van der Waals surface area (Å²) in [5.74, 6) is -0.408. The van der Waals surface area contributed by atoms with Crippen LogP contribution in [0.3, 0.4) is 0 Å². The maximum Gasteiger partial charge on any atom is 0.339 e. The SMILES string of the molecule is COC(=O)C(OCCN)c1ccccc1. The Hall–Kier alpha value is -1.39. The largest absolute Gasteiger partial charge is 0.467 e. The summed E-state index contributed by atoms with van der Waals surface area (Å²) in [6.07, 6.45) is -0.681. The molecule has 0 aliphatic heterocycles. The third-order valence-corrected chi connectivity index (χ3v) is 1.92. The van der Waals surface area contributed by atoms with E-state index in [1.807, 2.05) is 30.3 Å². The summed E-state index contributed by atoms with van der Waals surface area (Å²) in [4.78, 5) is 11.4. The van der Waals surface area contributed by atoms with Gasteiger partial charge >= 0.3 is 5.97 Å². The highest BCUT2D eigenvalue weighted by Crippen LogP contribution is 2.18. The van der Waals surface area contributed by atoms with Crippen LogP contribution in [0.4, 0.5) is 0 Å². The van der Waals surface area contributed by atoms with Crippen molar-refractivity contribution < 1.29 is 14.3 Å². The Morgan fingerprint density at radius 2 is 2.07 bits per heavy atom. The molecule has 0 aromatic heterocycles. The van der Waals surface area contributed by atoms with E-state index in [9.17, 15) is 4.79 Å². The number of benzene rings is 1. The molecular formula is C11H15NO3. The topological polar surface area (TPSA) is 61.5 Å². The Bertz CT molecular complexity index is 300. The highest BCUT2D eigenvalue weighted by atomic mass is 16.6. The Labute approximate surface area is 89.0 Å². The van der Waals surface area contributed by atoms with E-state index in [-0.39, 0.29) is 0 Å². The monoisotopic (exact) mass is 209 g/mol. The quantitative estimate of drug-likeness (QED) is 0.731. The van der Waals surface area contributed by atoms with E-state index in [2.05, 4.69) is 4.74 Å². The summed E-state index contributed by atoms with van der Waals surface area (Å²) in [6.45, 7) is 0.703. The summed E-state index contributed by atoms with van der Waals surface area (Å²) in [6, 6.07) is 9.20. The van der Waals surface area contributed by atoms with E-state index >= 15 is 0 Å². The molecule has 0 amide bonds. The predicted molar refractivity (Wildman–Crippen MR) is 56.2 cm³/mol. The minimum Gasteiger partial charge on any atom is -0.467 e. The normalized spacial score (nSPS) is 12.1. The van der Waals surface area contributed by atoms with E-state index in [4.69, 9.17) is 10.5 Å². The summed E-state index contributed by atoms with van der Waals surface area (Å²) >= 11 is 0. The van der Waals surface area contributed by atoms with Crippen molar-refractivity contribution in [2.24, 2.45) is 5.73 Å². The van der Waals surface area contributed by atoms with Crippen molar-refractivity contribution in [3.63, 3.8) is 0 Å². The van der Waals surface area contributed by atoms with E-state index in [1.54, 1.807) is 0 Å². The molecule has 1 aromatic carbocycles. The van der Waals surface area contributed by atoms with Gasteiger partial charge in [0, 0.05) is 6.54 Å². The molecule has 1 unspecified atom stereocenters. The van der Waals surface area contributed by atoms with Crippen molar-refractivity contribution in [1.29, 1.82) is 0 Å². The van der Waals surface area contributed by atoms with Gasteiger partial charge < -0.3 is 15.2 Å². The van der Waals surface area contributed by atoms with Crippen LogP contribution in [0.15, 0.2) is 30.3 Å². The molecule has 0 heterocycles. The molecule has 0 aliphatic carbocycles. The zero-order chi connectivity index (χ0) is 11.1. The summed E-state index contributed by atoms with van der Waals surface area (Å²) in [5, 5.41) is 0. The maximum absolute atomic E-state index is 11.4. The summed E-state index contributed by atoms with van der Waals surface area (Å²) in [7, 11) is 1.34. The first-order valence-electron chi connectivity index (χ1n) is 4.74. The first kappa shape index (κ1) is 11.7. The van der Waals surface area contributed by atoms with E-state index in [1.165, 1.54) is 7.11 Å². The van der Waals surface area contributed by atoms with Crippen LogP contribution in [0, 0.1) is 0 Å². The first-order chi connectivity index (χ1) is 7.29. The summed E-state index contributed by atoms with van der Waals surface area (Å²) < 4.78 is 9.99. The lowest BCUT2D eigenvalue weighted by Gasteiger charge is -2.15. The molecule has 0 fully saturated rings. The van der Waals surface area contributed by atoms with Gasteiger partial charge in [0.05, 0.1) is 13.7 Å². The van der Waals surface area contributed by atoms with Gasteiger partial charge in [-0.2, -0.15) is 0 Å². The molecule has 0 radical (unpaired) electrons. The minimum absolute atomic E-state index is 0.328. The Balaban J connectivity index is 2.76. The number of hydrogen-bond donors (Lipinski definition) is 1. The third-order valence-electron chi connectivity index (χ3n) is 1.92. The van der Waals surface area contributed by atoms with Gasteiger partial charge in [-0.1, -0.05) is 30.3 Å². The van der Waals surface area contributed by atoms with Crippen LogP contribution in [-0.4, -0.2) is 26.2 Å². The standard InChI is InChI=1S/C11H15NO3/c1-14-11(13)10(15-8-7-12)9-5-3-2-4-6-9/h2-6,10H,7-8,12H2,1H3. The smallest absolute Gasteiger partial charge is 0.339 e. The van der Waals surface area contributed by atoms with Crippen LogP contribution in [0.1, 0.15) is 11.7 Å². The first-order valence-corrected chi connectivity index (χ1v) is 4.74. The minimum atomic E-state index is -0.681. The highest BCUT2D eigenvalue weighted by molar-refractivity contribution is 5.76. The molecule has 4 heteroatoms. The van der Waals surface area contributed by atoms with Gasteiger partial charge in [-0.05, 0) is 5.56 Å². The van der Waals surface area contributed by atoms with E-state index < -0.39 is 12.1 Å². The number of rotatable bonds is 5. The number of esters is 1. The molecule has 0 spiro atoms. The van der Waals surface area contributed by atoms with Crippen LogP contribution in [0.25, 0.3) is 0 Å². The van der Waals surface area contributed by atoms with Gasteiger partial charge in [-0.15, -0.1) is 0 Å². The molecule has 0 bridgehead atoms. The third kappa shape index (κ3) is 3.34. The van der Waals surface area contributed by atoms with Crippen LogP contribution in [0.5, 0.6) is 0 Å². The Kier molecular flexibility index (Phi) is 4.80. The molecule has 2 N–H and O–H groups in total. The number of hydrogen-bond acceptors (Lipinski definition) is 4. The number of carbonyl (C=O) groups excluding carboxylic acids is 1. The van der Waals surface area contributed by atoms with Crippen molar-refractivity contribution in [3.8, 4) is 0 Å². The van der Waals surface area contributed by atoms with E-state index in [0.717, 1.165) is 5.56 Å². The molecular weight excluding hydrogens is 194 g/mol. The molecule has 1 atom stereocenters. The average molecular weight is 209 g/mol. The summed E-state index contributed by atoms with van der Waals surface area (Å²) in [5.41, 5.74) is 6.10. The van der Waals surface area contributed by atoms with Crippen molar-refractivity contribution >= 4 is 5.97 Å². The second-order valence-corrected chi connectivity index (χ2v) is 2.97. The second-order valence-electron chi connectivity index (χ2n) is 2.97. The lowest BCUT2D eigenvalue weighted by atomic mass is 10.1. The van der Waals surface area contributed by atoms with Crippen LogP contribution in [0.2, 0.25) is 0 Å². The van der Waals surface area contributed by atoms with Gasteiger partial charge in [-0.3, -0.25) is 0 Å². The molecule has 1 aromatic rings. The number of methoxy groups -OCH3 is 1. The molecule has 0 aliphatic rings. The second kappa shape index (κ2) is 6.16. The molecule has 4 nitrogen and oxygen atoms in total. The average Bonchev–Trinajstić information content (AvgIpc) is 2.30. The molecule has 1 rings (SSSR count). The van der Waals surface area contributed by atoms with Gasteiger partial charge in [0.2, 0.25) is 0 Å². The van der Waals surface area contributed by atoms with Gasteiger partial charge in [0.25, 0.3) is 0 Å². The molecule has 0 saturated heterocycles. The number of nitrogens with two attached hydrogens (primary N) is 1. The Morgan fingerprint density at radius 1 is 1.40 bits per heavy atom. The number of ether oxygens (including phenoxy) is 2. The highest BCUT2D eigenvalue weighted by Gasteiger charge is 2.21. The lowest BCUT2D eigenvalue weighted by Crippen LogP contribution is -2.20. The Morgan fingerprint density at radius 3 is 2.60 bits per heavy atom. The lowest BCUT2D eigenvalue weighted by molar-refractivity contribution is -0.154. The zero-order valence-electron chi connectivity index (χ0n) is 8.68. The van der Waals surface area contributed by atoms with Gasteiger partial charge in [0.1, 0.15) is 0 Å². The van der Waals surface area contributed by atoms with Gasteiger partial charge in [-0.25, -0.2) is 4.79 Å². The van der Waals surface area contributed by atoms with Crippen LogP contribution >= 0.6 is 0 Å². The predicted octanol–water partition coefficient (Wildman–Crippen LogP) is 0.876. The van der Waals surface area contributed by atoms with Crippen LogP contribution < -0.4 is 5.73 Å². The number of carbonyl (C=O) groups is 1. The fourth-order valence-electron chi connectivity index (χ4n) is 1.22. The van der Waals surface area contributed by atoms with Gasteiger partial charge in [0.15, 0.2) is 6.10 Å². The molecule has 0 saturated carbocycles. The van der Waals surface area contributed by atoms with Crippen molar-refractivity contribution in [3.05, 3.63) is 35.9 Å². The zero-order valence-corrected chi connectivity index (χ0v) is 8.68. The maximum atomic E-state index is 11.4.